The van der Waals surface area contributed by atoms with Crippen LogP contribution in [0.5, 0.6) is 0 Å². The average Bonchev–Trinajstić information content (AvgIpc) is 2.56. The average molecular weight is 308 g/mol. The van der Waals surface area contributed by atoms with Crippen molar-refractivity contribution in [3.8, 4) is 0 Å². The van der Waals surface area contributed by atoms with Gasteiger partial charge >= 0.3 is 0 Å². The van der Waals surface area contributed by atoms with Gasteiger partial charge in [0.25, 0.3) is 0 Å². The van der Waals surface area contributed by atoms with Crippen molar-refractivity contribution in [2.75, 3.05) is 11.4 Å². The number of nitrogens with zero attached hydrogens (tertiary/aromatic N) is 1. The van der Waals surface area contributed by atoms with Crippen LogP contribution in [0.1, 0.15) is 5.56 Å². The quantitative estimate of drug-likeness (QED) is 0.548. The predicted molar refractivity (Wildman–Crippen MR) is 96.6 cm³/mol. The largest absolute Gasteiger partial charge is 0.363 e. The van der Waals surface area contributed by atoms with Crippen molar-refractivity contribution in [1.29, 1.82) is 0 Å². The Morgan fingerprint density at radius 3 is 2.41 bits per heavy atom. The summed E-state index contributed by atoms with van der Waals surface area (Å²) in [6.45, 7) is 5.53. The maximum atomic E-state index is 5.97. The Bertz CT molecular complexity index is 772. The van der Waals surface area contributed by atoms with Gasteiger partial charge in [0.05, 0.1) is 0 Å². The lowest BCUT2D eigenvalue weighted by Gasteiger charge is -2.25. The maximum absolute atomic E-state index is 5.97. The predicted octanol–water partition coefficient (Wildman–Crippen LogP) is 5.69. The molecule has 0 fully saturated rings. The van der Waals surface area contributed by atoms with Crippen molar-refractivity contribution < 1.29 is 0 Å². The lowest BCUT2D eigenvalue weighted by atomic mass is 10.1. The molecule has 0 saturated heterocycles. The van der Waals surface area contributed by atoms with E-state index in [0.29, 0.717) is 0 Å². The van der Waals surface area contributed by atoms with Crippen LogP contribution in [0, 0.1) is 0 Å². The summed E-state index contributed by atoms with van der Waals surface area (Å²) in [6.07, 6.45) is 1.94. The van der Waals surface area contributed by atoms with Gasteiger partial charge in [0.1, 0.15) is 0 Å². The number of anilines is 1. The van der Waals surface area contributed by atoms with Crippen LogP contribution in [0.15, 0.2) is 79.4 Å². The minimum absolute atomic E-state index is 0.768. The third-order valence-corrected chi connectivity index (χ3v) is 4.00. The molecule has 0 N–H and O–H groups in total. The van der Waals surface area contributed by atoms with Gasteiger partial charge < -0.3 is 4.90 Å². The Labute approximate surface area is 136 Å². The van der Waals surface area contributed by atoms with E-state index in [1.807, 2.05) is 18.2 Å². The molecule has 0 bridgehead atoms. The third kappa shape index (κ3) is 3.15. The van der Waals surface area contributed by atoms with E-state index in [-0.39, 0.29) is 0 Å². The first-order valence-corrected chi connectivity index (χ1v) is 7.74. The van der Waals surface area contributed by atoms with E-state index in [9.17, 15) is 0 Å². The minimum Gasteiger partial charge on any atom is -0.363 e. The fourth-order valence-corrected chi connectivity index (χ4v) is 2.82. The zero-order valence-corrected chi connectivity index (χ0v) is 13.1. The summed E-state index contributed by atoms with van der Waals surface area (Å²) >= 11 is 5.97. The highest BCUT2D eigenvalue weighted by atomic mass is 35.5. The van der Waals surface area contributed by atoms with Crippen molar-refractivity contribution in [3.63, 3.8) is 0 Å². The number of rotatable bonds is 5. The summed E-state index contributed by atoms with van der Waals surface area (Å²) in [6, 6.07) is 22.9. The van der Waals surface area contributed by atoms with Gasteiger partial charge in [0.2, 0.25) is 0 Å². The van der Waals surface area contributed by atoms with E-state index in [4.69, 9.17) is 11.6 Å². The molecule has 3 aromatic carbocycles. The zero-order chi connectivity index (χ0) is 15.4. The lowest BCUT2D eigenvalue weighted by Crippen LogP contribution is -2.22. The Balaban J connectivity index is 1.99. The highest BCUT2D eigenvalue weighted by Crippen LogP contribution is 2.28. The first-order chi connectivity index (χ1) is 10.8. The van der Waals surface area contributed by atoms with Crippen molar-refractivity contribution in [2.45, 2.75) is 6.54 Å². The second-order valence-electron chi connectivity index (χ2n) is 5.29. The highest BCUT2D eigenvalue weighted by molar-refractivity contribution is 6.30. The lowest BCUT2D eigenvalue weighted by molar-refractivity contribution is 0.872. The number of benzene rings is 3. The molecule has 0 aliphatic rings. The Morgan fingerprint density at radius 2 is 1.64 bits per heavy atom. The monoisotopic (exact) mass is 307 g/mol. The van der Waals surface area contributed by atoms with Crippen molar-refractivity contribution in [2.24, 2.45) is 0 Å². The minimum atomic E-state index is 0.768. The van der Waals surface area contributed by atoms with Crippen LogP contribution < -0.4 is 4.90 Å². The molecule has 0 unspecified atom stereocenters. The number of halogens is 1. The molecule has 0 spiro atoms. The van der Waals surface area contributed by atoms with Crippen LogP contribution in [0.4, 0.5) is 5.69 Å². The van der Waals surface area contributed by atoms with E-state index >= 15 is 0 Å². The first-order valence-electron chi connectivity index (χ1n) is 7.36. The van der Waals surface area contributed by atoms with E-state index in [2.05, 4.69) is 66.1 Å². The summed E-state index contributed by atoms with van der Waals surface area (Å²) < 4.78 is 0. The standard InChI is InChI=1S/C20H18ClN/c1-2-14-22(15-16-10-12-18(21)13-11-16)20-9-5-7-17-6-3-4-8-19(17)20/h2-13H,1,14-15H2. The maximum Gasteiger partial charge on any atom is 0.0451 e. The molecule has 0 aliphatic carbocycles. The second-order valence-corrected chi connectivity index (χ2v) is 5.73. The smallest absolute Gasteiger partial charge is 0.0451 e. The molecular formula is C20H18ClN. The Morgan fingerprint density at radius 1 is 0.909 bits per heavy atom. The van der Waals surface area contributed by atoms with E-state index < -0.39 is 0 Å². The summed E-state index contributed by atoms with van der Waals surface area (Å²) in [5.74, 6) is 0. The molecule has 0 saturated carbocycles. The summed E-state index contributed by atoms with van der Waals surface area (Å²) in [4.78, 5) is 2.33. The van der Waals surface area contributed by atoms with E-state index in [0.717, 1.165) is 18.1 Å². The molecule has 110 valence electrons. The molecule has 0 aromatic heterocycles. The topological polar surface area (TPSA) is 3.24 Å². The number of hydrogen-bond acceptors (Lipinski definition) is 1. The normalized spacial score (nSPS) is 10.6. The van der Waals surface area contributed by atoms with E-state index in [1.54, 1.807) is 0 Å². The number of hydrogen-bond donors (Lipinski definition) is 0. The van der Waals surface area contributed by atoms with Crippen LogP contribution in [0.2, 0.25) is 5.02 Å². The van der Waals surface area contributed by atoms with Gasteiger partial charge in [-0.3, -0.25) is 0 Å². The molecule has 0 radical (unpaired) electrons. The van der Waals surface area contributed by atoms with Gasteiger partial charge in [-0.25, -0.2) is 0 Å². The molecule has 3 aromatic rings. The molecule has 0 atom stereocenters. The molecule has 2 heteroatoms. The van der Waals surface area contributed by atoms with Crippen molar-refractivity contribution >= 4 is 28.1 Å². The fourth-order valence-electron chi connectivity index (χ4n) is 2.70. The Hall–Kier alpha value is -2.25. The molecule has 0 amide bonds. The van der Waals surface area contributed by atoms with Gasteiger partial charge in [0, 0.05) is 29.2 Å². The van der Waals surface area contributed by atoms with Gasteiger partial charge in [0.15, 0.2) is 0 Å². The van der Waals surface area contributed by atoms with Crippen molar-refractivity contribution in [3.05, 3.63) is 90.0 Å². The molecule has 0 heterocycles. The molecule has 1 nitrogen and oxygen atoms in total. The van der Waals surface area contributed by atoms with Gasteiger partial charge in [-0.2, -0.15) is 0 Å². The van der Waals surface area contributed by atoms with E-state index in [1.165, 1.54) is 22.0 Å². The van der Waals surface area contributed by atoms with Crippen LogP contribution in [-0.4, -0.2) is 6.54 Å². The van der Waals surface area contributed by atoms with Crippen LogP contribution >= 0.6 is 11.6 Å². The second kappa shape index (κ2) is 6.67. The van der Waals surface area contributed by atoms with Crippen LogP contribution in [-0.2, 0) is 6.54 Å². The fraction of sp³-hybridized carbons (Fsp3) is 0.100. The van der Waals surface area contributed by atoms with Gasteiger partial charge in [-0.1, -0.05) is 66.2 Å². The Kier molecular flexibility index (Phi) is 4.45. The molecule has 3 rings (SSSR count). The molecule has 22 heavy (non-hydrogen) atoms. The third-order valence-electron chi connectivity index (χ3n) is 3.74. The SMILES string of the molecule is C=CCN(Cc1ccc(Cl)cc1)c1cccc2ccccc12. The van der Waals surface area contributed by atoms with Gasteiger partial charge in [-0.15, -0.1) is 6.58 Å². The van der Waals surface area contributed by atoms with Crippen LogP contribution in [0.25, 0.3) is 10.8 Å². The van der Waals surface area contributed by atoms with Crippen LogP contribution in [0.3, 0.4) is 0 Å². The van der Waals surface area contributed by atoms with Crippen molar-refractivity contribution in [1.82, 2.24) is 0 Å². The molecule has 0 aliphatic heterocycles. The summed E-state index contributed by atoms with van der Waals surface area (Å²) in [5.41, 5.74) is 2.46. The summed E-state index contributed by atoms with van der Waals surface area (Å²) in [7, 11) is 0. The summed E-state index contributed by atoms with van der Waals surface area (Å²) in [5, 5.41) is 3.29. The van der Waals surface area contributed by atoms with Gasteiger partial charge in [-0.05, 0) is 29.1 Å². The highest BCUT2D eigenvalue weighted by Gasteiger charge is 2.09. The number of fused-ring (bicyclic) bond motifs is 1. The zero-order valence-electron chi connectivity index (χ0n) is 12.4. The molecular weight excluding hydrogens is 290 g/mol. The first kappa shape index (κ1) is 14.7.